The molecule has 0 aliphatic heterocycles. The Morgan fingerprint density at radius 1 is 1.50 bits per heavy atom. The molecular weight excluding hydrogens is 152 g/mol. The van der Waals surface area contributed by atoms with Gasteiger partial charge in [-0.25, -0.2) is 4.98 Å². The average Bonchev–Trinajstić information content (AvgIpc) is 2.48. The standard InChI is InChI=1S/C8H10N4/c1-12-5-11-8-6(4-9)10-3-2-7(8)12/h2-3,5H,4,9H2,1H3. The lowest BCUT2D eigenvalue weighted by Gasteiger charge is -1.97. The molecule has 2 N–H and O–H groups in total. The lowest BCUT2D eigenvalue weighted by molar-refractivity contribution is 0.947. The summed E-state index contributed by atoms with van der Waals surface area (Å²) >= 11 is 0. The molecule has 0 unspecified atom stereocenters. The fraction of sp³-hybridized carbons (Fsp3) is 0.250. The van der Waals surface area contributed by atoms with E-state index in [1.807, 2.05) is 17.7 Å². The maximum absolute atomic E-state index is 5.51. The van der Waals surface area contributed by atoms with E-state index in [9.17, 15) is 0 Å². The van der Waals surface area contributed by atoms with Crippen molar-refractivity contribution in [2.45, 2.75) is 6.54 Å². The lowest BCUT2D eigenvalue weighted by Crippen LogP contribution is -2.00. The normalized spacial score (nSPS) is 10.8. The Morgan fingerprint density at radius 3 is 3.08 bits per heavy atom. The summed E-state index contributed by atoms with van der Waals surface area (Å²) in [5, 5.41) is 0. The highest BCUT2D eigenvalue weighted by atomic mass is 15.0. The van der Waals surface area contributed by atoms with Crippen molar-refractivity contribution >= 4 is 11.0 Å². The number of pyridine rings is 1. The van der Waals surface area contributed by atoms with E-state index in [1.165, 1.54) is 0 Å². The van der Waals surface area contributed by atoms with Gasteiger partial charge in [0, 0.05) is 19.8 Å². The molecule has 0 aromatic carbocycles. The lowest BCUT2D eigenvalue weighted by atomic mass is 10.3. The fourth-order valence-corrected chi connectivity index (χ4v) is 1.27. The Kier molecular flexibility index (Phi) is 1.55. The van der Waals surface area contributed by atoms with Crippen LogP contribution in [0.15, 0.2) is 18.6 Å². The van der Waals surface area contributed by atoms with E-state index in [4.69, 9.17) is 5.73 Å². The second-order valence-electron chi connectivity index (χ2n) is 2.68. The van der Waals surface area contributed by atoms with E-state index in [2.05, 4.69) is 9.97 Å². The van der Waals surface area contributed by atoms with Gasteiger partial charge in [0.05, 0.1) is 17.5 Å². The van der Waals surface area contributed by atoms with Gasteiger partial charge in [0.25, 0.3) is 0 Å². The van der Waals surface area contributed by atoms with Crippen LogP contribution in [0.25, 0.3) is 11.0 Å². The van der Waals surface area contributed by atoms with Crippen molar-refractivity contribution in [2.24, 2.45) is 12.8 Å². The second kappa shape index (κ2) is 2.57. The predicted molar refractivity (Wildman–Crippen MR) is 46.4 cm³/mol. The molecule has 0 bridgehead atoms. The molecule has 0 amide bonds. The number of nitrogens with two attached hydrogens (primary N) is 1. The van der Waals surface area contributed by atoms with Crippen molar-refractivity contribution < 1.29 is 0 Å². The second-order valence-corrected chi connectivity index (χ2v) is 2.68. The highest BCUT2D eigenvalue weighted by molar-refractivity contribution is 5.77. The van der Waals surface area contributed by atoms with Crippen LogP contribution in [-0.2, 0) is 13.6 Å². The molecule has 0 atom stereocenters. The van der Waals surface area contributed by atoms with Crippen molar-refractivity contribution in [3.63, 3.8) is 0 Å². The van der Waals surface area contributed by atoms with Crippen LogP contribution >= 0.6 is 0 Å². The number of imidazole rings is 1. The van der Waals surface area contributed by atoms with Crippen molar-refractivity contribution in [1.82, 2.24) is 14.5 Å². The van der Waals surface area contributed by atoms with Gasteiger partial charge in [-0.2, -0.15) is 0 Å². The molecule has 4 nitrogen and oxygen atoms in total. The monoisotopic (exact) mass is 162 g/mol. The smallest absolute Gasteiger partial charge is 0.111 e. The third-order valence-corrected chi connectivity index (χ3v) is 1.91. The Morgan fingerprint density at radius 2 is 2.33 bits per heavy atom. The van der Waals surface area contributed by atoms with Gasteiger partial charge >= 0.3 is 0 Å². The van der Waals surface area contributed by atoms with Crippen LogP contribution in [0.5, 0.6) is 0 Å². The summed E-state index contributed by atoms with van der Waals surface area (Å²) in [6.07, 6.45) is 3.53. The quantitative estimate of drug-likeness (QED) is 0.661. The first-order valence-electron chi connectivity index (χ1n) is 3.78. The molecule has 2 aromatic heterocycles. The number of hydrogen-bond acceptors (Lipinski definition) is 3. The van der Waals surface area contributed by atoms with Gasteiger partial charge in [-0.15, -0.1) is 0 Å². The Bertz CT molecular complexity index is 404. The summed E-state index contributed by atoms with van der Waals surface area (Å²) in [4.78, 5) is 8.35. The minimum Gasteiger partial charge on any atom is -0.334 e. The first kappa shape index (κ1) is 7.24. The van der Waals surface area contributed by atoms with Crippen molar-refractivity contribution in [3.05, 3.63) is 24.3 Å². The number of aryl methyl sites for hydroxylation is 1. The van der Waals surface area contributed by atoms with Crippen LogP contribution in [0.1, 0.15) is 5.69 Å². The Balaban J connectivity index is 2.81. The summed E-state index contributed by atoms with van der Waals surface area (Å²) in [5.41, 5.74) is 8.35. The molecule has 4 heteroatoms. The molecule has 0 aliphatic rings. The largest absolute Gasteiger partial charge is 0.334 e. The summed E-state index contributed by atoms with van der Waals surface area (Å²) in [6.45, 7) is 0.439. The van der Waals surface area contributed by atoms with E-state index in [-0.39, 0.29) is 0 Å². The molecule has 0 fully saturated rings. The van der Waals surface area contributed by atoms with Crippen LogP contribution in [-0.4, -0.2) is 14.5 Å². The van der Waals surface area contributed by atoms with Crippen LogP contribution in [0, 0.1) is 0 Å². The summed E-state index contributed by atoms with van der Waals surface area (Å²) < 4.78 is 1.95. The molecule has 0 spiro atoms. The van der Waals surface area contributed by atoms with E-state index >= 15 is 0 Å². The number of hydrogen-bond donors (Lipinski definition) is 1. The van der Waals surface area contributed by atoms with Gasteiger partial charge in [-0.3, -0.25) is 4.98 Å². The molecule has 0 radical (unpaired) electrons. The topological polar surface area (TPSA) is 56.7 Å². The van der Waals surface area contributed by atoms with Gasteiger partial charge in [0.15, 0.2) is 0 Å². The summed E-state index contributed by atoms with van der Waals surface area (Å²) in [7, 11) is 1.95. The SMILES string of the molecule is Cn1cnc2c(CN)nccc21. The minimum atomic E-state index is 0.439. The Labute approximate surface area is 70.0 Å². The summed E-state index contributed by atoms with van der Waals surface area (Å²) in [5.74, 6) is 0. The molecular formula is C8H10N4. The van der Waals surface area contributed by atoms with Gasteiger partial charge in [-0.1, -0.05) is 0 Å². The molecule has 0 saturated carbocycles. The van der Waals surface area contributed by atoms with Crippen molar-refractivity contribution in [1.29, 1.82) is 0 Å². The number of rotatable bonds is 1. The van der Waals surface area contributed by atoms with E-state index in [0.29, 0.717) is 6.54 Å². The zero-order chi connectivity index (χ0) is 8.55. The first-order chi connectivity index (χ1) is 5.83. The van der Waals surface area contributed by atoms with Crippen LogP contribution in [0.3, 0.4) is 0 Å². The third kappa shape index (κ3) is 0.887. The van der Waals surface area contributed by atoms with Crippen LogP contribution in [0.4, 0.5) is 0 Å². The van der Waals surface area contributed by atoms with Crippen LogP contribution in [0.2, 0.25) is 0 Å². The molecule has 0 aliphatic carbocycles. The van der Waals surface area contributed by atoms with Crippen molar-refractivity contribution in [3.8, 4) is 0 Å². The molecule has 62 valence electrons. The van der Waals surface area contributed by atoms with E-state index in [1.54, 1.807) is 12.5 Å². The fourth-order valence-electron chi connectivity index (χ4n) is 1.27. The zero-order valence-electron chi connectivity index (χ0n) is 6.86. The summed E-state index contributed by atoms with van der Waals surface area (Å²) in [6, 6.07) is 1.93. The van der Waals surface area contributed by atoms with Gasteiger partial charge in [0.1, 0.15) is 5.52 Å². The number of fused-ring (bicyclic) bond motifs is 1. The predicted octanol–water partition coefficient (Wildman–Crippen LogP) is 0.427. The zero-order valence-corrected chi connectivity index (χ0v) is 6.86. The third-order valence-electron chi connectivity index (χ3n) is 1.91. The Hall–Kier alpha value is -1.42. The number of aromatic nitrogens is 3. The van der Waals surface area contributed by atoms with Gasteiger partial charge in [0.2, 0.25) is 0 Å². The highest BCUT2D eigenvalue weighted by Gasteiger charge is 2.03. The molecule has 2 heterocycles. The maximum atomic E-state index is 5.51. The van der Waals surface area contributed by atoms with E-state index < -0.39 is 0 Å². The highest BCUT2D eigenvalue weighted by Crippen LogP contribution is 2.12. The van der Waals surface area contributed by atoms with E-state index in [0.717, 1.165) is 16.7 Å². The average molecular weight is 162 g/mol. The molecule has 12 heavy (non-hydrogen) atoms. The minimum absolute atomic E-state index is 0.439. The molecule has 0 saturated heterocycles. The first-order valence-corrected chi connectivity index (χ1v) is 3.78. The molecule has 2 aromatic rings. The maximum Gasteiger partial charge on any atom is 0.111 e. The van der Waals surface area contributed by atoms with Crippen LogP contribution < -0.4 is 5.73 Å². The molecule has 2 rings (SSSR count). The number of nitrogens with zero attached hydrogens (tertiary/aromatic N) is 3. The van der Waals surface area contributed by atoms with Gasteiger partial charge < -0.3 is 10.3 Å². The van der Waals surface area contributed by atoms with Gasteiger partial charge in [-0.05, 0) is 6.07 Å². The van der Waals surface area contributed by atoms with Crippen molar-refractivity contribution in [2.75, 3.05) is 0 Å².